The molecule has 3 rings (SSSR count). The molecule has 1 fully saturated rings. The van der Waals surface area contributed by atoms with E-state index in [0.717, 1.165) is 31.2 Å². The van der Waals surface area contributed by atoms with E-state index in [1.54, 1.807) is 11.6 Å². The second-order valence-corrected chi connectivity index (χ2v) is 5.95. The molecule has 0 N–H and O–H groups in total. The fraction of sp³-hybridized carbons (Fsp3) is 0.467. The quantitative estimate of drug-likeness (QED) is 0.852. The maximum atomic E-state index is 12.5. The Labute approximate surface area is 127 Å². The molecule has 1 saturated heterocycles. The summed E-state index contributed by atoms with van der Waals surface area (Å²) in [5.74, 6) is 1.13. The Kier molecular flexibility index (Phi) is 4.36. The molecule has 0 unspecified atom stereocenters. The van der Waals surface area contributed by atoms with E-state index in [0.29, 0.717) is 23.9 Å². The highest BCUT2D eigenvalue weighted by Crippen LogP contribution is 2.25. The van der Waals surface area contributed by atoms with E-state index in [1.807, 2.05) is 24.0 Å². The van der Waals surface area contributed by atoms with Gasteiger partial charge in [-0.05, 0) is 25.5 Å². The monoisotopic (exact) mass is 306 g/mol. The second-order valence-electron chi connectivity index (χ2n) is 5.09. The van der Waals surface area contributed by atoms with Crippen molar-refractivity contribution in [3.8, 4) is 10.8 Å². The van der Waals surface area contributed by atoms with Crippen LogP contribution in [0.25, 0.3) is 10.8 Å². The Bertz CT molecular complexity index is 588. The molecule has 1 amide bonds. The van der Waals surface area contributed by atoms with E-state index in [-0.39, 0.29) is 5.91 Å². The van der Waals surface area contributed by atoms with Crippen molar-refractivity contribution in [3.63, 3.8) is 0 Å². The first kappa shape index (κ1) is 14.3. The Morgan fingerprint density at radius 1 is 1.57 bits per heavy atom. The zero-order valence-corrected chi connectivity index (χ0v) is 12.8. The van der Waals surface area contributed by atoms with E-state index < -0.39 is 0 Å². The molecule has 5 nitrogen and oxygen atoms in total. The van der Waals surface area contributed by atoms with Crippen LogP contribution >= 0.6 is 11.3 Å². The minimum Gasteiger partial charge on any atom is -0.462 e. The third-order valence-corrected chi connectivity index (χ3v) is 4.48. The SMILES string of the molecule is CCN(C[C@@H]1CCOC1)C(=O)c1csc(-c2ccco2)n1. The van der Waals surface area contributed by atoms with Crippen LogP contribution in [0.15, 0.2) is 28.2 Å². The van der Waals surface area contributed by atoms with Gasteiger partial charge in [-0.3, -0.25) is 4.79 Å². The van der Waals surface area contributed by atoms with E-state index in [1.165, 1.54) is 11.3 Å². The lowest BCUT2D eigenvalue weighted by atomic mass is 10.1. The highest BCUT2D eigenvalue weighted by atomic mass is 32.1. The van der Waals surface area contributed by atoms with Gasteiger partial charge in [-0.15, -0.1) is 11.3 Å². The minimum absolute atomic E-state index is 0.0153. The maximum Gasteiger partial charge on any atom is 0.273 e. The Morgan fingerprint density at radius 3 is 3.14 bits per heavy atom. The minimum atomic E-state index is -0.0153. The van der Waals surface area contributed by atoms with Crippen molar-refractivity contribution < 1.29 is 13.9 Å². The summed E-state index contributed by atoms with van der Waals surface area (Å²) < 4.78 is 10.7. The summed E-state index contributed by atoms with van der Waals surface area (Å²) in [5, 5.41) is 2.54. The lowest BCUT2D eigenvalue weighted by Crippen LogP contribution is -2.35. The molecular formula is C15H18N2O3S. The van der Waals surface area contributed by atoms with E-state index in [2.05, 4.69) is 4.98 Å². The predicted molar refractivity (Wildman–Crippen MR) is 80.3 cm³/mol. The number of carbonyl (C=O) groups excluding carboxylic acids is 1. The Hall–Kier alpha value is -1.66. The number of aromatic nitrogens is 1. The van der Waals surface area contributed by atoms with Crippen LogP contribution in [0.1, 0.15) is 23.8 Å². The van der Waals surface area contributed by atoms with Gasteiger partial charge in [-0.2, -0.15) is 0 Å². The number of thiazole rings is 1. The average Bonchev–Trinajstić information content (AvgIpc) is 3.25. The molecule has 3 heterocycles. The molecule has 1 atom stereocenters. The van der Waals surface area contributed by atoms with E-state index in [9.17, 15) is 4.79 Å². The third kappa shape index (κ3) is 3.16. The maximum absolute atomic E-state index is 12.5. The van der Waals surface area contributed by atoms with Crippen molar-refractivity contribution in [2.75, 3.05) is 26.3 Å². The largest absolute Gasteiger partial charge is 0.462 e. The molecule has 0 saturated carbocycles. The molecule has 6 heteroatoms. The number of hydrogen-bond acceptors (Lipinski definition) is 5. The lowest BCUT2D eigenvalue weighted by molar-refractivity contribution is 0.0726. The van der Waals surface area contributed by atoms with Crippen molar-refractivity contribution in [2.45, 2.75) is 13.3 Å². The van der Waals surface area contributed by atoms with Crippen LogP contribution in [0.4, 0.5) is 0 Å². The summed E-state index contributed by atoms with van der Waals surface area (Å²) in [7, 11) is 0. The van der Waals surface area contributed by atoms with Gasteiger partial charge >= 0.3 is 0 Å². The van der Waals surface area contributed by atoms with Crippen LogP contribution in [0, 0.1) is 5.92 Å². The standard InChI is InChI=1S/C15H18N2O3S/c1-2-17(8-11-5-7-19-9-11)15(18)12-10-21-14(16-12)13-4-3-6-20-13/h3-4,6,10-11H,2,5,7-9H2,1H3/t11-/m0/s1. The zero-order chi connectivity index (χ0) is 14.7. The lowest BCUT2D eigenvalue weighted by Gasteiger charge is -2.22. The molecule has 0 aliphatic carbocycles. The van der Waals surface area contributed by atoms with Crippen LogP contribution in [-0.2, 0) is 4.74 Å². The van der Waals surface area contributed by atoms with Crippen molar-refractivity contribution in [3.05, 3.63) is 29.5 Å². The first-order valence-corrected chi connectivity index (χ1v) is 8.02. The molecule has 112 valence electrons. The van der Waals surface area contributed by atoms with Crippen molar-refractivity contribution in [2.24, 2.45) is 5.92 Å². The van der Waals surface area contributed by atoms with Gasteiger partial charge < -0.3 is 14.1 Å². The Morgan fingerprint density at radius 2 is 2.48 bits per heavy atom. The van der Waals surface area contributed by atoms with Gasteiger partial charge in [-0.25, -0.2) is 4.98 Å². The number of hydrogen-bond donors (Lipinski definition) is 0. The van der Waals surface area contributed by atoms with Crippen molar-refractivity contribution in [1.82, 2.24) is 9.88 Å². The summed E-state index contributed by atoms with van der Waals surface area (Å²) in [5.41, 5.74) is 0.493. The predicted octanol–water partition coefficient (Wildman–Crippen LogP) is 2.90. The van der Waals surface area contributed by atoms with Gasteiger partial charge in [0.15, 0.2) is 10.8 Å². The summed E-state index contributed by atoms with van der Waals surface area (Å²) in [6.45, 7) is 4.97. The van der Waals surface area contributed by atoms with E-state index in [4.69, 9.17) is 9.15 Å². The molecule has 2 aromatic heterocycles. The first-order valence-electron chi connectivity index (χ1n) is 7.14. The molecule has 0 bridgehead atoms. The zero-order valence-electron chi connectivity index (χ0n) is 11.9. The van der Waals surface area contributed by atoms with Gasteiger partial charge in [0, 0.05) is 31.0 Å². The fourth-order valence-electron chi connectivity index (χ4n) is 2.44. The van der Waals surface area contributed by atoms with Gasteiger partial charge in [0.25, 0.3) is 5.91 Å². The molecule has 1 aliphatic heterocycles. The van der Waals surface area contributed by atoms with E-state index >= 15 is 0 Å². The summed E-state index contributed by atoms with van der Waals surface area (Å²) >= 11 is 1.43. The number of ether oxygens (including phenoxy) is 1. The molecular weight excluding hydrogens is 288 g/mol. The van der Waals surface area contributed by atoms with Crippen LogP contribution in [-0.4, -0.2) is 42.1 Å². The summed E-state index contributed by atoms with van der Waals surface area (Å²) in [6.07, 6.45) is 2.63. The van der Waals surface area contributed by atoms with Crippen LogP contribution in [0.2, 0.25) is 0 Å². The Balaban J connectivity index is 1.70. The van der Waals surface area contributed by atoms with Gasteiger partial charge in [0.05, 0.1) is 12.9 Å². The van der Waals surface area contributed by atoms with Crippen LogP contribution in [0.5, 0.6) is 0 Å². The molecule has 2 aromatic rings. The number of rotatable bonds is 5. The first-order chi connectivity index (χ1) is 10.3. The number of nitrogens with zero attached hydrogens (tertiary/aromatic N) is 2. The number of furan rings is 1. The van der Waals surface area contributed by atoms with Crippen molar-refractivity contribution >= 4 is 17.2 Å². The number of amides is 1. The van der Waals surface area contributed by atoms with Crippen LogP contribution in [0.3, 0.4) is 0 Å². The van der Waals surface area contributed by atoms with Crippen LogP contribution < -0.4 is 0 Å². The fourth-order valence-corrected chi connectivity index (χ4v) is 3.20. The molecule has 0 radical (unpaired) electrons. The normalized spacial score (nSPS) is 18.0. The van der Waals surface area contributed by atoms with Gasteiger partial charge in [0.1, 0.15) is 5.69 Å². The third-order valence-electron chi connectivity index (χ3n) is 3.63. The van der Waals surface area contributed by atoms with Crippen molar-refractivity contribution in [1.29, 1.82) is 0 Å². The second kappa shape index (κ2) is 6.41. The highest BCUT2D eigenvalue weighted by Gasteiger charge is 2.24. The van der Waals surface area contributed by atoms with Gasteiger partial charge in [-0.1, -0.05) is 0 Å². The molecule has 0 spiro atoms. The topological polar surface area (TPSA) is 55.6 Å². The van der Waals surface area contributed by atoms with Gasteiger partial charge in [0.2, 0.25) is 0 Å². The highest BCUT2D eigenvalue weighted by molar-refractivity contribution is 7.13. The summed E-state index contributed by atoms with van der Waals surface area (Å²) in [6, 6.07) is 3.66. The molecule has 1 aliphatic rings. The molecule has 0 aromatic carbocycles. The average molecular weight is 306 g/mol. The summed E-state index contributed by atoms with van der Waals surface area (Å²) in [4.78, 5) is 18.8. The smallest absolute Gasteiger partial charge is 0.273 e. The molecule has 21 heavy (non-hydrogen) atoms. The number of carbonyl (C=O) groups is 1.